The molecule has 0 fully saturated rings. The van der Waals surface area contributed by atoms with Crippen LogP contribution in [0.2, 0.25) is 0 Å². The second-order valence-corrected chi connectivity index (χ2v) is 3.50. The third kappa shape index (κ3) is 3.68. The van der Waals surface area contributed by atoms with Crippen molar-refractivity contribution >= 4 is 17.8 Å². The molecule has 0 aromatic heterocycles. The number of carbonyl (C=O) groups excluding carboxylic acids is 1. The van der Waals surface area contributed by atoms with Gasteiger partial charge in [-0.25, -0.2) is 4.79 Å². The molecule has 0 aliphatic rings. The Morgan fingerprint density at radius 3 is 2.00 bits per heavy atom. The predicted molar refractivity (Wildman–Crippen MR) is 48.0 cm³/mol. The molecule has 0 heterocycles. The molecule has 2 N–H and O–H groups in total. The van der Waals surface area contributed by atoms with E-state index in [0.29, 0.717) is 0 Å². The summed E-state index contributed by atoms with van der Waals surface area (Å²) < 4.78 is 8.90. The number of hydrogen-bond acceptors (Lipinski definition) is 5. The maximum Gasteiger partial charge on any atom is 0.393 e. The van der Waals surface area contributed by atoms with E-state index < -0.39 is 17.3 Å². The Labute approximate surface area is 77.1 Å². The van der Waals surface area contributed by atoms with E-state index in [9.17, 15) is 4.79 Å². The number of nitrogens with one attached hydrogen (secondary N) is 2. The van der Waals surface area contributed by atoms with Gasteiger partial charge in [-0.1, -0.05) is 20.8 Å². The van der Waals surface area contributed by atoms with Crippen molar-refractivity contribution in [1.29, 1.82) is 10.8 Å². The van der Waals surface area contributed by atoms with Gasteiger partial charge < -0.3 is 9.47 Å². The van der Waals surface area contributed by atoms with Gasteiger partial charge in [0.05, 0.1) is 7.11 Å². The van der Waals surface area contributed by atoms with Gasteiger partial charge in [-0.3, -0.25) is 10.8 Å². The number of hydrogen-bond donors (Lipinski definition) is 2. The Hall–Kier alpha value is -1.39. The molecule has 0 saturated heterocycles. The first-order valence-corrected chi connectivity index (χ1v) is 3.72. The molecule has 0 amide bonds. The zero-order chi connectivity index (χ0) is 10.6. The van der Waals surface area contributed by atoms with Crippen molar-refractivity contribution in [2.45, 2.75) is 20.8 Å². The van der Waals surface area contributed by atoms with Crippen molar-refractivity contribution in [3.63, 3.8) is 0 Å². The summed E-state index contributed by atoms with van der Waals surface area (Å²) in [6.45, 7) is 5.25. The molecule has 0 aromatic carbocycles. The van der Waals surface area contributed by atoms with Gasteiger partial charge >= 0.3 is 11.9 Å². The maximum absolute atomic E-state index is 10.7. The molecule has 0 aliphatic carbocycles. The molecule has 0 bridgehead atoms. The van der Waals surface area contributed by atoms with Crippen molar-refractivity contribution < 1.29 is 14.3 Å². The summed E-state index contributed by atoms with van der Waals surface area (Å²) >= 11 is 0. The summed E-state index contributed by atoms with van der Waals surface area (Å²) in [6, 6.07) is 0. The quantitative estimate of drug-likeness (QED) is 0.338. The maximum atomic E-state index is 10.7. The Bertz CT molecular complexity index is 240. The smallest absolute Gasteiger partial charge is 0.393 e. The Balaban J connectivity index is 4.24. The predicted octanol–water partition coefficient (Wildman–Crippen LogP) is 1.18. The van der Waals surface area contributed by atoms with Crippen LogP contribution in [0.5, 0.6) is 0 Å². The SMILES string of the molecule is COC(=O)C(=N)OC(=N)C(C)(C)C. The van der Waals surface area contributed by atoms with Crippen LogP contribution in [-0.4, -0.2) is 24.9 Å². The van der Waals surface area contributed by atoms with Crippen molar-refractivity contribution in [1.82, 2.24) is 0 Å². The Morgan fingerprint density at radius 1 is 1.23 bits per heavy atom. The highest BCUT2D eigenvalue weighted by Crippen LogP contribution is 2.15. The molecule has 5 heteroatoms. The molecule has 0 radical (unpaired) electrons. The van der Waals surface area contributed by atoms with Crippen molar-refractivity contribution in [3.05, 3.63) is 0 Å². The summed E-state index contributed by atoms with van der Waals surface area (Å²) in [6.07, 6.45) is 0. The third-order valence-corrected chi connectivity index (χ3v) is 1.26. The lowest BCUT2D eigenvalue weighted by Gasteiger charge is -2.18. The highest BCUT2D eigenvalue weighted by molar-refractivity contribution is 6.33. The highest BCUT2D eigenvalue weighted by atomic mass is 16.6. The normalized spacial score (nSPS) is 10.5. The minimum atomic E-state index is -0.881. The monoisotopic (exact) mass is 186 g/mol. The molecule has 0 saturated carbocycles. The minimum absolute atomic E-state index is 0.136. The van der Waals surface area contributed by atoms with Crippen LogP contribution >= 0.6 is 0 Å². The van der Waals surface area contributed by atoms with Crippen LogP contribution in [0.15, 0.2) is 0 Å². The molecule has 0 spiro atoms. The number of methoxy groups -OCH3 is 1. The van der Waals surface area contributed by atoms with E-state index in [1.54, 1.807) is 20.8 Å². The minimum Gasteiger partial charge on any atom is -0.462 e. The van der Waals surface area contributed by atoms with Crippen LogP contribution in [0, 0.1) is 16.2 Å². The highest BCUT2D eigenvalue weighted by Gasteiger charge is 2.23. The van der Waals surface area contributed by atoms with Gasteiger partial charge in [-0.2, -0.15) is 0 Å². The van der Waals surface area contributed by atoms with Crippen molar-refractivity contribution in [2.75, 3.05) is 7.11 Å². The molecule has 5 nitrogen and oxygen atoms in total. The van der Waals surface area contributed by atoms with E-state index in [4.69, 9.17) is 10.8 Å². The van der Waals surface area contributed by atoms with E-state index in [1.807, 2.05) is 0 Å². The fraction of sp³-hybridized carbons (Fsp3) is 0.625. The van der Waals surface area contributed by atoms with E-state index in [-0.39, 0.29) is 5.90 Å². The molecule has 0 aliphatic heterocycles. The molecular formula is C8H14N2O3. The van der Waals surface area contributed by atoms with Gasteiger partial charge in [0.25, 0.3) is 0 Å². The van der Waals surface area contributed by atoms with Crippen LogP contribution in [0.3, 0.4) is 0 Å². The van der Waals surface area contributed by atoms with Crippen LogP contribution in [0.1, 0.15) is 20.8 Å². The topological polar surface area (TPSA) is 83.2 Å². The van der Waals surface area contributed by atoms with Gasteiger partial charge in [0.1, 0.15) is 0 Å². The lowest BCUT2D eigenvalue weighted by molar-refractivity contribution is -0.134. The summed E-state index contributed by atoms with van der Waals surface area (Å²) in [5.74, 6) is -1.68. The van der Waals surface area contributed by atoms with Crippen molar-refractivity contribution in [2.24, 2.45) is 5.41 Å². The number of rotatable bonds is 0. The van der Waals surface area contributed by atoms with E-state index >= 15 is 0 Å². The molecule has 13 heavy (non-hydrogen) atoms. The molecule has 0 rings (SSSR count). The third-order valence-electron chi connectivity index (χ3n) is 1.26. The van der Waals surface area contributed by atoms with Gasteiger partial charge in [-0.15, -0.1) is 0 Å². The van der Waals surface area contributed by atoms with E-state index in [0.717, 1.165) is 7.11 Å². The van der Waals surface area contributed by atoms with Crippen LogP contribution in [-0.2, 0) is 14.3 Å². The van der Waals surface area contributed by atoms with E-state index in [2.05, 4.69) is 9.47 Å². The number of carbonyl (C=O) groups is 1. The summed E-state index contributed by atoms with van der Waals surface area (Å²) in [7, 11) is 1.15. The second-order valence-electron chi connectivity index (χ2n) is 3.50. The summed E-state index contributed by atoms with van der Waals surface area (Å²) in [5.41, 5.74) is -0.514. The Morgan fingerprint density at radius 2 is 1.69 bits per heavy atom. The van der Waals surface area contributed by atoms with Gasteiger partial charge in [0.2, 0.25) is 0 Å². The first kappa shape index (κ1) is 11.6. The van der Waals surface area contributed by atoms with E-state index in [1.165, 1.54) is 0 Å². The Kier molecular flexibility index (Phi) is 3.59. The first-order valence-electron chi connectivity index (χ1n) is 3.72. The van der Waals surface area contributed by atoms with Gasteiger partial charge in [-0.05, 0) is 0 Å². The first-order chi connectivity index (χ1) is 5.79. The van der Waals surface area contributed by atoms with Gasteiger partial charge in [0.15, 0.2) is 5.90 Å². The molecular weight excluding hydrogens is 172 g/mol. The average molecular weight is 186 g/mol. The average Bonchev–Trinajstić information content (AvgIpc) is 2.01. The van der Waals surface area contributed by atoms with Crippen LogP contribution < -0.4 is 0 Å². The van der Waals surface area contributed by atoms with Crippen molar-refractivity contribution in [3.8, 4) is 0 Å². The molecule has 0 unspecified atom stereocenters. The molecule has 0 atom stereocenters. The zero-order valence-corrected chi connectivity index (χ0v) is 8.22. The summed E-state index contributed by atoms with van der Waals surface area (Å²) in [5, 5.41) is 14.4. The largest absolute Gasteiger partial charge is 0.462 e. The molecule has 0 aromatic rings. The zero-order valence-electron chi connectivity index (χ0n) is 8.22. The van der Waals surface area contributed by atoms with Crippen LogP contribution in [0.25, 0.3) is 0 Å². The second kappa shape index (κ2) is 4.02. The van der Waals surface area contributed by atoms with Gasteiger partial charge in [0, 0.05) is 5.41 Å². The van der Waals surface area contributed by atoms with Crippen LogP contribution in [0.4, 0.5) is 0 Å². The number of ether oxygens (including phenoxy) is 2. The lowest BCUT2D eigenvalue weighted by atomic mass is 9.97. The summed E-state index contributed by atoms with van der Waals surface area (Å²) in [4.78, 5) is 10.7. The lowest BCUT2D eigenvalue weighted by Crippen LogP contribution is -2.29. The fourth-order valence-electron chi connectivity index (χ4n) is 0.390. The molecule has 74 valence electrons. The fourth-order valence-corrected chi connectivity index (χ4v) is 0.390. The standard InChI is InChI=1S/C8H14N2O3/c1-8(2,3)7(10)13-5(9)6(11)12-4/h9-10H,1-4H3. The number of esters is 1.